The van der Waals surface area contributed by atoms with Gasteiger partial charge in [0.1, 0.15) is 6.04 Å². The first-order valence-electron chi connectivity index (χ1n) is 9.48. The summed E-state index contributed by atoms with van der Waals surface area (Å²) in [5.41, 5.74) is 0.493. The van der Waals surface area contributed by atoms with Gasteiger partial charge in [0, 0.05) is 26.9 Å². The van der Waals surface area contributed by atoms with Gasteiger partial charge in [-0.25, -0.2) is 17.6 Å². The predicted octanol–water partition coefficient (Wildman–Crippen LogP) is 5.10. The zero-order valence-corrected chi connectivity index (χ0v) is 17.2. The van der Waals surface area contributed by atoms with Crippen molar-refractivity contribution in [3.05, 3.63) is 21.9 Å². The molecule has 0 fully saturated rings. The van der Waals surface area contributed by atoms with Crippen LogP contribution >= 0.6 is 11.3 Å². The number of rotatable bonds is 10. The highest BCUT2D eigenvalue weighted by Gasteiger charge is 2.33. The summed E-state index contributed by atoms with van der Waals surface area (Å²) in [4.78, 5) is 14.9. The second-order valence-electron chi connectivity index (χ2n) is 7.25. The number of hydrazone groups is 1. The van der Waals surface area contributed by atoms with Crippen molar-refractivity contribution in [1.29, 1.82) is 0 Å². The largest absolute Gasteiger partial charge is 0.332 e. The number of carbonyl (C=O) groups is 1. The summed E-state index contributed by atoms with van der Waals surface area (Å²) in [7, 11) is 1.49. The van der Waals surface area contributed by atoms with E-state index in [1.165, 1.54) is 17.0 Å². The lowest BCUT2D eigenvalue weighted by molar-refractivity contribution is -0.0111. The molecule has 0 saturated heterocycles. The minimum Gasteiger partial charge on any atom is -0.332 e. The van der Waals surface area contributed by atoms with Crippen LogP contribution in [0.5, 0.6) is 0 Å². The number of alkyl halides is 4. The molecule has 1 aromatic heterocycles. The van der Waals surface area contributed by atoms with Gasteiger partial charge in [0.15, 0.2) is 0 Å². The highest BCUT2D eigenvalue weighted by atomic mass is 32.1. The van der Waals surface area contributed by atoms with Gasteiger partial charge in [-0.3, -0.25) is 9.80 Å². The lowest BCUT2D eigenvalue weighted by Gasteiger charge is -2.25. The van der Waals surface area contributed by atoms with Crippen LogP contribution in [0.4, 0.5) is 17.6 Å². The number of hydrogen-bond donors (Lipinski definition) is 0. The highest BCUT2D eigenvalue weighted by Crippen LogP contribution is 2.28. The second-order valence-corrected chi connectivity index (χ2v) is 8.33. The third-order valence-corrected chi connectivity index (χ3v) is 5.71. The van der Waals surface area contributed by atoms with Gasteiger partial charge in [-0.1, -0.05) is 26.2 Å². The molecule has 9 heteroatoms. The van der Waals surface area contributed by atoms with Crippen LogP contribution in [0.1, 0.15) is 60.5 Å². The van der Waals surface area contributed by atoms with Crippen molar-refractivity contribution in [2.24, 2.45) is 5.10 Å². The molecule has 2 rings (SSSR count). The minimum absolute atomic E-state index is 0.0933. The molecular formula is C19H27F4N3OS. The van der Waals surface area contributed by atoms with Gasteiger partial charge in [-0.2, -0.15) is 5.10 Å². The van der Waals surface area contributed by atoms with E-state index in [4.69, 9.17) is 0 Å². The van der Waals surface area contributed by atoms with E-state index in [1.807, 2.05) is 0 Å². The van der Waals surface area contributed by atoms with Crippen LogP contribution in [0.3, 0.4) is 0 Å². The number of hydrogen-bond acceptors (Lipinski definition) is 4. The van der Waals surface area contributed by atoms with Gasteiger partial charge in [0.2, 0.25) is 0 Å². The number of thiophene rings is 1. The molecule has 0 spiro atoms. The topological polar surface area (TPSA) is 35.9 Å². The summed E-state index contributed by atoms with van der Waals surface area (Å²) < 4.78 is 53.1. The normalized spacial score (nSPS) is 17.4. The smallest absolute Gasteiger partial charge is 0.264 e. The van der Waals surface area contributed by atoms with Crippen LogP contribution in [-0.2, 0) is 0 Å². The Kier molecular flexibility index (Phi) is 7.86. The van der Waals surface area contributed by atoms with Crippen molar-refractivity contribution in [3.63, 3.8) is 0 Å². The van der Waals surface area contributed by atoms with E-state index in [-0.39, 0.29) is 13.0 Å². The lowest BCUT2D eigenvalue weighted by atomic mass is 10.1. The van der Waals surface area contributed by atoms with Gasteiger partial charge < -0.3 is 4.90 Å². The molecular weight excluding hydrogens is 394 g/mol. The zero-order valence-electron chi connectivity index (χ0n) is 16.4. The minimum atomic E-state index is -2.98. The highest BCUT2D eigenvalue weighted by molar-refractivity contribution is 7.16. The molecule has 0 bridgehead atoms. The number of unbranched alkanes of at least 4 members (excludes halogenated alkanes) is 3. The summed E-state index contributed by atoms with van der Waals surface area (Å²) >= 11 is 1.11. The van der Waals surface area contributed by atoms with E-state index < -0.39 is 30.8 Å². The standard InChI is InChI=1S/C19H27F4N3OS/c1-4-5-6-7-10-26(12-19(2,22)23)18(27)16-9-8-15(28-16)13-11-14(17(20)21)25(3)24-13/h8-9,14,17H,4-7,10-12H2,1-3H3. The molecule has 1 aliphatic rings. The molecule has 0 radical (unpaired) electrons. The lowest BCUT2D eigenvalue weighted by Crippen LogP contribution is -2.39. The van der Waals surface area contributed by atoms with Crippen molar-refractivity contribution < 1.29 is 22.4 Å². The van der Waals surface area contributed by atoms with E-state index in [0.29, 0.717) is 21.9 Å². The van der Waals surface area contributed by atoms with Crippen molar-refractivity contribution in [1.82, 2.24) is 9.91 Å². The van der Waals surface area contributed by atoms with E-state index in [1.54, 1.807) is 12.1 Å². The summed E-state index contributed by atoms with van der Waals surface area (Å²) in [5, 5.41) is 5.38. The van der Waals surface area contributed by atoms with Crippen LogP contribution in [0.25, 0.3) is 0 Å². The number of halogens is 4. The molecule has 1 atom stereocenters. The molecule has 0 N–H and O–H groups in total. The van der Waals surface area contributed by atoms with Crippen molar-refractivity contribution in [2.75, 3.05) is 20.1 Å². The van der Waals surface area contributed by atoms with E-state index in [0.717, 1.165) is 37.5 Å². The maximum absolute atomic E-state index is 13.6. The number of amides is 1. The quantitative estimate of drug-likeness (QED) is 0.389. The average molecular weight is 422 g/mol. The maximum atomic E-state index is 13.6. The Bertz CT molecular complexity index is 687. The van der Waals surface area contributed by atoms with Gasteiger partial charge >= 0.3 is 0 Å². The molecule has 4 nitrogen and oxygen atoms in total. The molecule has 2 heterocycles. The monoisotopic (exact) mass is 421 g/mol. The first-order chi connectivity index (χ1) is 13.1. The van der Waals surface area contributed by atoms with Crippen LogP contribution in [0, 0.1) is 0 Å². The molecule has 1 aromatic rings. The molecule has 1 aliphatic heterocycles. The van der Waals surface area contributed by atoms with Gasteiger partial charge in [0.05, 0.1) is 22.0 Å². The molecule has 1 unspecified atom stereocenters. The Labute approximate surface area is 167 Å². The Hall–Kier alpha value is -1.64. The third-order valence-electron chi connectivity index (χ3n) is 4.59. The van der Waals surface area contributed by atoms with Crippen molar-refractivity contribution in [2.45, 2.75) is 64.3 Å². The molecule has 0 aromatic carbocycles. The van der Waals surface area contributed by atoms with Crippen molar-refractivity contribution >= 4 is 23.0 Å². The van der Waals surface area contributed by atoms with Crippen molar-refractivity contribution in [3.8, 4) is 0 Å². The molecule has 158 valence electrons. The number of carbonyl (C=O) groups excluding carboxylic acids is 1. The van der Waals surface area contributed by atoms with Crippen LogP contribution < -0.4 is 0 Å². The zero-order chi connectivity index (χ0) is 20.9. The molecule has 0 saturated carbocycles. The molecule has 1 amide bonds. The average Bonchev–Trinajstić information content (AvgIpc) is 3.22. The fourth-order valence-electron chi connectivity index (χ4n) is 3.12. The Morgan fingerprint density at radius 1 is 1.36 bits per heavy atom. The number of nitrogens with zero attached hydrogens (tertiary/aromatic N) is 3. The predicted molar refractivity (Wildman–Crippen MR) is 104 cm³/mol. The molecule has 28 heavy (non-hydrogen) atoms. The Morgan fingerprint density at radius 3 is 2.64 bits per heavy atom. The van der Waals surface area contributed by atoms with E-state index in [9.17, 15) is 22.4 Å². The summed E-state index contributed by atoms with van der Waals surface area (Å²) in [6, 6.07) is 2.23. The first kappa shape index (κ1) is 22.6. The summed E-state index contributed by atoms with van der Waals surface area (Å²) in [5.74, 6) is -3.44. The van der Waals surface area contributed by atoms with Gasteiger partial charge in [0.25, 0.3) is 18.3 Å². The summed E-state index contributed by atoms with van der Waals surface area (Å²) in [6.07, 6.45) is 1.13. The maximum Gasteiger partial charge on any atom is 0.264 e. The second kappa shape index (κ2) is 9.71. The SMILES string of the molecule is CCCCCCN(CC(C)(F)F)C(=O)c1ccc(C2=NN(C)C(C(F)F)C2)s1. The van der Waals surface area contributed by atoms with Gasteiger partial charge in [-0.05, 0) is 18.6 Å². The van der Waals surface area contributed by atoms with Gasteiger partial charge in [-0.15, -0.1) is 11.3 Å². The van der Waals surface area contributed by atoms with E-state index in [2.05, 4.69) is 12.0 Å². The third kappa shape index (κ3) is 6.18. The Morgan fingerprint density at radius 2 is 2.07 bits per heavy atom. The first-order valence-corrected chi connectivity index (χ1v) is 10.3. The Balaban J connectivity index is 2.09. The summed E-state index contributed by atoms with van der Waals surface area (Å²) in [6.45, 7) is 2.49. The van der Waals surface area contributed by atoms with Crippen LogP contribution in [0.15, 0.2) is 17.2 Å². The van der Waals surface area contributed by atoms with Crippen LogP contribution in [-0.4, -0.2) is 60.1 Å². The van der Waals surface area contributed by atoms with E-state index >= 15 is 0 Å². The fourth-order valence-corrected chi connectivity index (χ4v) is 4.09. The molecule has 0 aliphatic carbocycles. The fraction of sp³-hybridized carbons (Fsp3) is 0.684. The van der Waals surface area contributed by atoms with Crippen LogP contribution in [0.2, 0.25) is 0 Å².